The SMILES string of the molecule is CC(C)(C)[Si](C)(C)O[C@H]1CCC2=C(Cc3cc(CO)co3)C(=O)CC[C@@]21C. The molecule has 1 N–H and O–H groups in total. The van der Waals surface area contributed by atoms with Gasteiger partial charge in [0.2, 0.25) is 0 Å². The summed E-state index contributed by atoms with van der Waals surface area (Å²) in [6, 6.07) is 1.85. The lowest BCUT2D eigenvalue weighted by atomic mass is 9.70. The summed E-state index contributed by atoms with van der Waals surface area (Å²) in [6.07, 6.45) is 5.69. The molecule has 1 heterocycles. The van der Waals surface area contributed by atoms with Crippen LogP contribution in [0.5, 0.6) is 0 Å². The van der Waals surface area contributed by atoms with Crippen molar-refractivity contribution in [2.45, 2.75) is 90.6 Å². The summed E-state index contributed by atoms with van der Waals surface area (Å²) >= 11 is 0. The van der Waals surface area contributed by atoms with Crippen LogP contribution in [0.25, 0.3) is 0 Å². The Balaban J connectivity index is 1.89. The fourth-order valence-corrected chi connectivity index (χ4v) is 5.72. The van der Waals surface area contributed by atoms with Crippen LogP contribution in [0.3, 0.4) is 0 Å². The molecule has 1 aromatic rings. The first kappa shape index (κ1) is 20.6. The molecule has 2 aliphatic rings. The fourth-order valence-electron chi connectivity index (χ4n) is 4.28. The number of fused-ring (bicyclic) bond motifs is 1. The zero-order valence-electron chi connectivity index (χ0n) is 17.6. The molecule has 0 bridgehead atoms. The van der Waals surface area contributed by atoms with Gasteiger partial charge in [0.15, 0.2) is 14.1 Å². The van der Waals surface area contributed by atoms with E-state index in [4.69, 9.17) is 8.84 Å². The molecule has 2 atom stereocenters. The highest BCUT2D eigenvalue weighted by Crippen LogP contribution is 2.54. The van der Waals surface area contributed by atoms with Gasteiger partial charge in [0.1, 0.15) is 5.76 Å². The van der Waals surface area contributed by atoms with E-state index in [2.05, 4.69) is 40.8 Å². The molecule has 0 amide bonds. The molecule has 5 heteroatoms. The van der Waals surface area contributed by atoms with E-state index in [0.29, 0.717) is 12.8 Å². The third-order valence-corrected chi connectivity index (χ3v) is 11.6. The van der Waals surface area contributed by atoms with Crippen LogP contribution in [0, 0.1) is 5.41 Å². The molecule has 4 nitrogen and oxygen atoms in total. The third-order valence-electron chi connectivity index (χ3n) is 7.11. The first-order valence-electron chi connectivity index (χ1n) is 10.1. The number of furan rings is 1. The first-order chi connectivity index (χ1) is 12.5. The molecule has 3 rings (SSSR count). The van der Waals surface area contributed by atoms with Gasteiger partial charge >= 0.3 is 0 Å². The lowest BCUT2D eigenvalue weighted by Gasteiger charge is -2.44. The van der Waals surface area contributed by atoms with Crippen LogP contribution in [-0.2, 0) is 22.2 Å². The van der Waals surface area contributed by atoms with Crippen molar-refractivity contribution in [1.29, 1.82) is 0 Å². The number of hydrogen-bond donors (Lipinski definition) is 1. The second kappa shape index (κ2) is 7.01. The second-order valence-corrected chi connectivity index (χ2v) is 14.7. The maximum Gasteiger partial charge on any atom is 0.192 e. The Bertz CT molecular complexity index is 753. The molecule has 0 aliphatic heterocycles. The molecule has 2 aliphatic carbocycles. The van der Waals surface area contributed by atoms with Crippen LogP contribution >= 0.6 is 0 Å². The van der Waals surface area contributed by atoms with Crippen molar-refractivity contribution < 1.29 is 18.7 Å². The number of aliphatic hydroxyl groups excluding tert-OH is 1. The lowest BCUT2D eigenvalue weighted by molar-refractivity contribution is -0.117. The quantitative estimate of drug-likeness (QED) is 0.705. The standard InChI is InChI=1S/C22H34O4Si/c1-21(2,3)27(5,6)26-20-8-7-18-17(19(24)9-10-22(18,20)4)12-16-11-15(13-23)14-25-16/h11,14,20,23H,7-10,12-13H2,1-6H3/t20-,22-/m0/s1. The van der Waals surface area contributed by atoms with E-state index < -0.39 is 8.32 Å². The van der Waals surface area contributed by atoms with E-state index in [1.807, 2.05) is 6.07 Å². The monoisotopic (exact) mass is 390 g/mol. The van der Waals surface area contributed by atoms with Crippen molar-refractivity contribution in [1.82, 2.24) is 0 Å². The highest BCUT2D eigenvalue weighted by molar-refractivity contribution is 6.74. The van der Waals surface area contributed by atoms with Gasteiger partial charge in [-0.2, -0.15) is 0 Å². The molecule has 0 spiro atoms. The van der Waals surface area contributed by atoms with Gasteiger partial charge in [0, 0.05) is 29.4 Å². The Kier molecular flexibility index (Phi) is 5.34. The van der Waals surface area contributed by atoms with E-state index in [0.717, 1.165) is 36.2 Å². The zero-order chi connectivity index (χ0) is 20.0. The number of carbonyl (C=O) groups excluding carboxylic acids is 1. The van der Waals surface area contributed by atoms with Crippen LogP contribution in [0.4, 0.5) is 0 Å². The van der Waals surface area contributed by atoms with Gasteiger partial charge in [-0.1, -0.05) is 33.3 Å². The van der Waals surface area contributed by atoms with E-state index in [-0.39, 0.29) is 28.9 Å². The summed E-state index contributed by atoms with van der Waals surface area (Å²) in [4.78, 5) is 12.7. The third kappa shape index (κ3) is 3.74. The molecule has 150 valence electrons. The van der Waals surface area contributed by atoms with Crippen LogP contribution < -0.4 is 0 Å². The van der Waals surface area contributed by atoms with Crippen molar-refractivity contribution in [2.24, 2.45) is 5.41 Å². The zero-order valence-corrected chi connectivity index (χ0v) is 18.6. The molecule has 1 fully saturated rings. The number of rotatable bonds is 5. The molecule has 0 radical (unpaired) electrons. The number of allylic oxidation sites excluding steroid dienone is 1. The molecule has 0 aromatic carbocycles. The van der Waals surface area contributed by atoms with E-state index in [1.165, 1.54) is 5.57 Å². The Hall–Kier alpha value is -1.17. The fraction of sp³-hybridized carbons (Fsp3) is 0.682. The number of carbonyl (C=O) groups is 1. The highest BCUT2D eigenvalue weighted by Gasteiger charge is 2.51. The number of ketones is 1. The molecule has 0 unspecified atom stereocenters. The largest absolute Gasteiger partial charge is 0.469 e. The topological polar surface area (TPSA) is 59.7 Å². The van der Waals surface area contributed by atoms with Crippen molar-refractivity contribution >= 4 is 14.1 Å². The van der Waals surface area contributed by atoms with Crippen LogP contribution in [0.2, 0.25) is 18.1 Å². The number of Topliss-reactive ketones (excluding diaryl/α,β-unsaturated/α-hetero) is 1. The number of aliphatic hydroxyl groups is 1. The highest BCUT2D eigenvalue weighted by atomic mass is 28.4. The molecular formula is C22H34O4Si. The summed E-state index contributed by atoms with van der Waals surface area (Å²) in [6.45, 7) is 13.7. The van der Waals surface area contributed by atoms with Crippen LogP contribution in [0.15, 0.2) is 27.9 Å². The van der Waals surface area contributed by atoms with Crippen LogP contribution in [-0.4, -0.2) is 25.3 Å². The number of hydrogen-bond acceptors (Lipinski definition) is 4. The Morgan fingerprint density at radius 1 is 1.33 bits per heavy atom. The van der Waals surface area contributed by atoms with E-state index in [1.54, 1.807) is 6.26 Å². The van der Waals surface area contributed by atoms with Crippen molar-refractivity contribution in [3.05, 3.63) is 34.8 Å². The summed E-state index contributed by atoms with van der Waals surface area (Å²) in [7, 11) is -1.86. The van der Waals surface area contributed by atoms with Gasteiger partial charge in [0.05, 0.1) is 19.0 Å². The molecule has 27 heavy (non-hydrogen) atoms. The predicted octanol–water partition coefficient (Wildman–Crippen LogP) is 5.16. The summed E-state index contributed by atoms with van der Waals surface area (Å²) in [5.41, 5.74) is 2.91. The molecular weight excluding hydrogens is 356 g/mol. The van der Waals surface area contributed by atoms with Gasteiger partial charge in [-0.3, -0.25) is 4.79 Å². The van der Waals surface area contributed by atoms with Crippen molar-refractivity contribution in [2.75, 3.05) is 0 Å². The van der Waals surface area contributed by atoms with Gasteiger partial charge in [-0.25, -0.2) is 0 Å². The lowest BCUT2D eigenvalue weighted by Crippen LogP contribution is -2.47. The van der Waals surface area contributed by atoms with Crippen molar-refractivity contribution in [3.8, 4) is 0 Å². The minimum absolute atomic E-state index is 0.0382. The van der Waals surface area contributed by atoms with Gasteiger partial charge in [-0.05, 0) is 43.5 Å². The summed E-state index contributed by atoms with van der Waals surface area (Å²) < 4.78 is 12.4. The van der Waals surface area contributed by atoms with Crippen molar-refractivity contribution in [3.63, 3.8) is 0 Å². The minimum atomic E-state index is -1.86. The van der Waals surface area contributed by atoms with Gasteiger partial charge < -0.3 is 13.9 Å². The molecule has 1 aromatic heterocycles. The van der Waals surface area contributed by atoms with Gasteiger partial charge in [-0.15, -0.1) is 0 Å². The maximum absolute atomic E-state index is 12.7. The summed E-state index contributed by atoms with van der Waals surface area (Å²) in [5, 5.41) is 9.44. The minimum Gasteiger partial charge on any atom is -0.469 e. The van der Waals surface area contributed by atoms with Gasteiger partial charge in [0.25, 0.3) is 0 Å². The smallest absolute Gasteiger partial charge is 0.192 e. The molecule has 0 saturated heterocycles. The first-order valence-corrected chi connectivity index (χ1v) is 13.0. The average Bonchev–Trinajstić information content (AvgIpc) is 3.15. The van der Waals surface area contributed by atoms with E-state index >= 15 is 0 Å². The normalized spacial score (nSPS) is 26.6. The van der Waals surface area contributed by atoms with E-state index in [9.17, 15) is 9.90 Å². The Morgan fingerprint density at radius 2 is 2.04 bits per heavy atom. The maximum atomic E-state index is 12.7. The van der Waals surface area contributed by atoms with Crippen LogP contribution in [0.1, 0.15) is 64.7 Å². The second-order valence-electron chi connectivity index (χ2n) is 9.96. The Labute approximate surface area is 164 Å². The molecule has 1 saturated carbocycles. The Morgan fingerprint density at radius 3 is 2.63 bits per heavy atom. The summed E-state index contributed by atoms with van der Waals surface area (Å²) in [5.74, 6) is 1.00. The predicted molar refractivity (Wildman–Crippen MR) is 109 cm³/mol. The average molecular weight is 391 g/mol.